The fraction of sp³-hybridized carbons (Fsp3) is 0.533. The lowest BCUT2D eigenvalue weighted by Gasteiger charge is -2.37. The zero-order valence-corrected chi connectivity index (χ0v) is 14.5. The Morgan fingerprint density at radius 2 is 2.10 bits per heavy atom. The summed E-state index contributed by atoms with van der Waals surface area (Å²) in [7, 11) is 3.52. The maximum absolute atomic E-state index is 13.5. The zero-order valence-electron chi connectivity index (χ0n) is 12.3. The number of carbonyl (C=O) groups is 1. The largest absolute Gasteiger partial charge is 0.375 e. The highest BCUT2D eigenvalue weighted by Crippen LogP contribution is 2.24. The van der Waals surface area contributed by atoms with Gasteiger partial charge in [0, 0.05) is 42.5 Å². The molecule has 1 aliphatic heterocycles. The molecule has 0 atom stereocenters. The normalized spacial score (nSPS) is 16.1. The van der Waals surface area contributed by atoms with Crippen molar-refractivity contribution in [1.29, 1.82) is 0 Å². The van der Waals surface area contributed by atoms with E-state index >= 15 is 0 Å². The summed E-state index contributed by atoms with van der Waals surface area (Å²) in [6, 6.07) is 5.38. The van der Waals surface area contributed by atoms with Crippen molar-refractivity contribution in [3.05, 3.63) is 27.6 Å². The molecule has 0 radical (unpaired) electrons. The number of hydrogen-bond donors (Lipinski definition) is 0. The van der Waals surface area contributed by atoms with E-state index in [1.165, 1.54) is 13.2 Å². The summed E-state index contributed by atoms with van der Waals surface area (Å²) in [5, 5.41) is 0. The summed E-state index contributed by atoms with van der Waals surface area (Å²) in [5.74, 6) is -0.171. The lowest BCUT2D eigenvalue weighted by molar-refractivity contribution is -0.136. The van der Waals surface area contributed by atoms with Crippen molar-refractivity contribution in [3.63, 3.8) is 0 Å². The summed E-state index contributed by atoms with van der Waals surface area (Å²) in [5.41, 5.74) is 0.890. The van der Waals surface area contributed by atoms with E-state index in [1.807, 2.05) is 18.0 Å². The topological polar surface area (TPSA) is 32.8 Å². The second kappa shape index (κ2) is 7.40. The van der Waals surface area contributed by atoms with Gasteiger partial charge in [0.25, 0.3) is 0 Å². The first-order valence-corrected chi connectivity index (χ1v) is 8.04. The third-order valence-electron chi connectivity index (χ3n) is 3.89. The van der Waals surface area contributed by atoms with E-state index in [0.717, 1.165) is 35.2 Å². The highest BCUT2D eigenvalue weighted by molar-refractivity contribution is 14.1. The van der Waals surface area contributed by atoms with Gasteiger partial charge in [0.05, 0.1) is 0 Å². The Bertz CT molecular complexity index is 484. The molecular weight excluding hydrogens is 386 g/mol. The molecule has 0 aliphatic carbocycles. The zero-order chi connectivity index (χ0) is 15.4. The number of likely N-dealkylation sites (tertiary alicyclic amines) is 1. The van der Waals surface area contributed by atoms with Crippen LogP contribution in [0.2, 0.25) is 0 Å². The predicted octanol–water partition coefficient (Wildman–Crippen LogP) is 2.50. The first-order chi connectivity index (χ1) is 10.0. The molecule has 0 unspecified atom stereocenters. The first-order valence-electron chi connectivity index (χ1n) is 6.97. The number of rotatable bonds is 4. The van der Waals surface area contributed by atoms with Crippen LogP contribution in [0.1, 0.15) is 12.8 Å². The lowest BCUT2D eigenvalue weighted by atomic mass is 10.0. The minimum absolute atomic E-state index is 0.0407. The molecule has 1 heterocycles. The summed E-state index contributed by atoms with van der Waals surface area (Å²) in [6.07, 6.45) is 1.78. The Balaban J connectivity index is 1.96. The van der Waals surface area contributed by atoms with Gasteiger partial charge in [0.2, 0.25) is 5.91 Å². The number of piperidine rings is 1. The van der Waals surface area contributed by atoms with E-state index < -0.39 is 0 Å². The molecule has 1 saturated heterocycles. The number of methoxy groups -OCH3 is 1. The second-order valence-electron chi connectivity index (χ2n) is 5.28. The van der Waals surface area contributed by atoms with Crippen molar-refractivity contribution in [3.8, 4) is 0 Å². The van der Waals surface area contributed by atoms with Gasteiger partial charge in [-0.2, -0.15) is 0 Å². The lowest BCUT2D eigenvalue weighted by Crippen LogP contribution is -2.46. The predicted molar refractivity (Wildman–Crippen MR) is 89.0 cm³/mol. The van der Waals surface area contributed by atoms with Gasteiger partial charge in [-0.1, -0.05) is 0 Å². The Morgan fingerprint density at radius 1 is 1.43 bits per heavy atom. The fourth-order valence-corrected chi connectivity index (χ4v) is 3.29. The van der Waals surface area contributed by atoms with Gasteiger partial charge in [-0.05, 0) is 53.6 Å². The maximum atomic E-state index is 13.5. The minimum Gasteiger partial charge on any atom is -0.375 e. The van der Waals surface area contributed by atoms with Gasteiger partial charge < -0.3 is 14.5 Å². The SMILES string of the molecule is COCC(=O)N1CCC(N(C)c2cc(F)cc(I)c2)CC1. The number of carbonyl (C=O) groups excluding carboxylic acids is 1. The summed E-state index contributed by atoms with van der Waals surface area (Å²) < 4.78 is 19.3. The van der Waals surface area contributed by atoms with Crippen LogP contribution in [0.3, 0.4) is 0 Å². The number of amides is 1. The molecule has 6 heteroatoms. The van der Waals surface area contributed by atoms with Crippen LogP contribution < -0.4 is 4.90 Å². The van der Waals surface area contributed by atoms with E-state index in [9.17, 15) is 9.18 Å². The molecule has 0 N–H and O–H groups in total. The van der Waals surface area contributed by atoms with Crippen molar-refractivity contribution < 1.29 is 13.9 Å². The quantitative estimate of drug-likeness (QED) is 0.721. The summed E-state index contributed by atoms with van der Waals surface area (Å²) in [4.78, 5) is 15.7. The molecule has 1 aliphatic rings. The number of halogens is 2. The molecule has 116 valence electrons. The van der Waals surface area contributed by atoms with E-state index in [-0.39, 0.29) is 18.3 Å². The maximum Gasteiger partial charge on any atom is 0.248 e. The smallest absolute Gasteiger partial charge is 0.248 e. The Labute approximate surface area is 138 Å². The van der Waals surface area contributed by atoms with Crippen LogP contribution in [0.4, 0.5) is 10.1 Å². The molecule has 1 aromatic carbocycles. The van der Waals surface area contributed by atoms with Gasteiger partial charge >= 0.3 is 0 Å². The molecule has 2 rings (SSSR count). The van der Waals surface area contributed by atoms with Crippen LogP contribution in [0.25, 0.3) is 0 Å². The molecule has 21 heavy (non-hydrogen) atoms. The molecule has 4 nitrogen and oxygen atoms in total. The van der Waals surface area contributed by atoms with Crippen molar-refractivity contribution in [1.82, 2.24) is 4.90 Å². The van der Waals surface area contributed by atoms with E-state index in [2.05, 4.69) is 27.5 Å². The van der Waals surface area contributed by atoms with E-state index in [1.54, 1.807) is 6.07 Å². The molecule has 1 fully saturated rings. The molecular formula is C15H20FIN2O2. The van der Waals surface area contributed by atoms with E-state index in [4.69, 9.17) is 4.74 Å². The van der Waals surface area contributed by atoms with Gasteiger partial charge in [-0.3, -0.25) is 4.79 Å². The Hall–Kier alpha value is -0.890. The minimum atomic E-state index is -0.212. The van der Waals surface area contributed by atoms with Crippen LogP contribution in [0, 0.1) is 9.39 Å². The van der Waals surface area contributed by atoms with Crippen LogP contribution >= 0.6 is 22.6 Å². The summed E-state index contributed by atoms with van der Waals surface area (Å²) >= 11 is 2.12. The van der Waals surface area contributed by atoms with Gasteiger partial charge in [-0.15, -0.1) is 0 Å². The fourth-order valence-electron chi connectivity index (χ4n) is 2.67. The van der Waals surface area contributed by atoms with Gasteiger partial charge in [0.15, 0.2) is 0 Å². The van der Waals surface area contributed by atoms with E-state index in [0.29, 0.717) is 6.04 Å². The highest BCUT2D eigenvalue weighted by Gasteiger charge is 2.25. The highest BCUT2D eigenvalue weighted by atomic mass is 127. The van der Waals surface area contributed by atoms with Crippen molar-refractivity contribution in [2.45, 2.75) is 18.9 Å². The van der Waals surface area contributed by atoms with Gasteiger partial charge in [0.1, 0.15) is 12.4 Å². The van der Waals surface area contributed by atoms with Crippen LogP contribution in [-0.4, -0.2) is 50.7 Å². The van der Waals surface area contributed by atoms with Crippen LogP contribution in [0.15, 0.2) is 18.2 Å². The molecule has 0 aromatic heterocycles. The standard InChI is InChI=1S/C15H20FIN2O2/c1-18(14-8-11(16)7-12(17)9-14)13-3-5-19(6-4-13)15(20)10-21-2/h7-9,13H,3-6,10H2,1-2H3. The number of ether oxygens (including phenoxy) is 1. The average Bonchev–Trinajstić information content (AvgIpc) is 2.46. The Kier molecular flexibility index (Phi) is 5.80. The monoisotopic (exact) mass is 406 g/mol. The third-order valence-corrected chi connectivity index (χ3v) is 4.51. The van der Waals surface area contributed by atoms with Crippen LogP contribution in [0.5, 0.6) is 0 Å². The van der Waals surface area contributed by atoms with Crippen molar-refractivity contribution in [2.75, 3.05) is 38.8 Å². The molecule has 1 amide bonds. The molecule has 0 bridgehead atoms. The third kappa shape index (κ3) is 4.29. The van der Waals surface area contributed by atoms with Gasteiger partial charge in [-0.25, -0.2) is 4.39 Å². The first kappa shape index (κ1) is 16.5. The van der Waals surface area contributed by atoms with Crippen LogP contribution in [-0.2, 0) is 9.53 Å². The Morgan fingerprint density at radius 3 is 2.67 bits per heavy atom. The number of benzene rings is 1. The molecule has 0 saturated carbocycles. The molecule has 1 aromatic rings. The van der Waals surface area contributed by atoms with Crippen molar-refractivity contribution in [2.24, 2.45) is 0 Å². The van der Waals surface area contributed by atoms with Crippen molar-refractivity contribution >= 4 is 34.2 Å². The average molecular weight is 406 g/mol. The number of anilines is 1. The number of nitrogens with zero attached hydrogens (tertiary/aromatic N) is 2. The summed E-state index contributed by atoms with van der Waals surface area (Å²) in [6.45, 7) is 1.59. The number of hydrogen-bond acceptors (Lipinski definition) is 3. The second-order valence-corrected chi connectivity index (χ2v) is 6.53. The molecule has 0 spiro atoms.